The largest absolute Gasteiger partial charge is 0.444 e. The molecule has 4 atom stereocenters. The van der Waals surface area contributed by atoms with E-state index >= 15 is 0 Å². The smallest absolute Gasteiger partial charge is 0.410 e. The van der Waals surface area contributed by atoms with Crippen molar-refractivity contribution >= 4 is 40.7 Å². The van der Waals surface area contributed by atoms with Gasteiger partial charge in [-0.05, 0) is 51.7 Å². The van der Waals surface area contributed by atoms with Gasteiger partial charge in [-0.25, -0.2) is 4.79 Å². The Hall–Kier alpha value is -2.30. The first kappa shape index (κ1) is 28.9. The van der Waals surface area contributed by atoms with E-state index < -0.39 is 35.6 Å². The van der Waals surface area contributed by atoms with Gasteiger partial charge in [0.05, 0.1) is 12.0 Å². The number of ether oxygens (including phenoxy) is 1. The topological polar surface area (TPSA) is 134 Å². The van der Waals surface area contributed by atoms with Gasteiger partial charge >= 0.3 is 6.09 Å². The molecule has 4 amide bonds. The van der Waals surface area contributed by atoms with E-state index in [1.807, 2.05) is 20.8 Å². The Morgan fingerprint density at radius 3 is 2.40 bits per heavy atom. The molecular formula is C24H40N4O6S. The molecule has 11 heteroatoms. The zero-order chi connectivity index (χ0) is 26.3. The first-order valence-electron chi connectivity index (χ1n) is 12.3. The van der Waals surface area contributed by atoms with Gasteiger partial charge in [0, 0.05) is 25.6 Å². The summed E-state index contributed by atoms with van der Waals surface area (Å²) < 4.78 is 5.38. The summed E-state index contributed by atoms with van der Waals surface area (Å²) in [6.45, 7) is 12.0. The quantitative estimate of drug-likeness (QED) is 0.428. The van der Waals surface area contributed by atoms with Gasteiger partial charge in [0.15, 0.2) is 0 Å². The number of hydrogen-bond donors (Lipinski definition) is 3. The maximum atomic E-state index is 13.2. The van der Waals surface area contributed by atoms with Gasteiger partial charge in [-0.1, -0.05) is 32.5 Å². The molecule has 0 spiro atoms. The Labute approximate surface area is 212 Å². The van der Waals surface area contributed by atoms with Crippen LogP contribution in [0.15, 0.2) is 0 Å². The second-order valence-electron chi connectivity index (χ2n) is 10.5. The Morgan fingerprint density at radius 1 is 1.17 bits per heavy atom. The van der Waals surface area contributed by atoms with Crippen LogP contribution in [0.3, 0.4) is 0 Å². The highest BCUT2D eigenvalue weighted by Gasteiger charge is 2.37. The molecule has 0 bridgehead atoms. The monoisotopic (exact) mass is 512 g/mol. The molecule has 198 valence electrons. The van der Waals surface area contributed by atoms with Crippen LogP contribution in [0.1, 0.15) is 60.8 Å². The number of likely N-dealkylation sites (tertiary alicyclic amines) is 1. The fourth-order valence-corrected chi connectivity index (χ4v) is 4.79. The molecule has 35 heavy (non-hydrogen) atoms. The number of rotatable bonds is 9. The maximum Gasteiger partial charge on any atom is 0.410 e. The van der Waals surface area contributed by atoms with Crippen molar-refractivity contribution in [3.8, 4) is 0 Å². The van der Waals surface area contributed by atoms with E-state index in [0.717, 1.165) is 11.8 Å². The van der Waals surface area contributed by atoms with Crippen LogP contribution < -0.4 is 16.0 Å². The molecule has 2 rings (SSSR count). The molecule has 3 N–H and O–H groups in total. The van der Waals surface area contributed by atoms with Crippen molar-refractivity contribution in [2.75, 3.05) is 25.4 Å². The molecule has 0 aromatic carbocycles. The summed E-state index contributed by atoms with van der Waals surface area (Å²) in [5, 5.41) is 8.17. The van der Waals surface area contributed by atoms with Gasteiger partial charge in [-0.3, -0.25) is 19.2 Å². The van der Waals surface area contributed by atoms with Crippen molar-refractivity contribution in [1.82, 2.24) is 20.9 Å². The molecule has 0 radical (unpaired) electrons. The molecule has 0 aromatic heterocycles. The average molecular weight is 513 g/mol. The highest BCUT2D eigenvalue weighted by molar-refractivity contribution is 8.13. The molecule has 1 unspecified atom stereocenters. The summed E-state index contributed by atoms with van der Waals surface area (Å²) in [6.07, 6.45) is 0.866. The van der Waals surface area contributed by atoms with Crippen molar-refractivity contribution in [2.45, 2.75) is 78.5 Å². The van der Waals surface area contributed by atoms with Crippen molar-refractivity contribution in [2.24, 2.45) is 17.8 Å². The summed E-state index contributed by atoms with van der Waals surface area (Å²) >= 11 is 1.11. The summed E-state index contributed by atoms with van der Waals surface area (Å²) in [6, 6.07) is -1.66. The van der Waals surface area contributed by atoms with Crippen LogP contribution in [-0.2, 0) is 23.9 Å². The predicted octanol–water partition coefficient (Wildman–Crippen LogP) is 1.67. The maximum absolute atomic E-state index is 13.2. The van der Waals surface area contributed by atoms with Gasteiger partial charge in [0.2, 0.25) is 22.8 Å². The highest BCUT2D eigenvalue weighted by Crippen LogP contribution is 2.22. The van der Waals surface area contributed by atoms with Gasteiger partial charge < -0.3 is 25.6 Å². The number of carbonyl (C=O) groups excluding carboxylic acids is 5. The van der Waals surface area contributed by atoms with E-state index in [2.05, 4.69) is 16.0 Å². The fraction of sp³-hybridized carbons (Fsp3) is 0.792. The van der Waals surface area contributed by atoms with E-state index in [0.29, 0.717) is 31.7 Å². The third kappa shape index (κ3) is 8.70. The van der Waals surface area contributed by atoms with E-state index in [-0.39, 0.29) is 41.7 Å². The Balaban J connectivity index is 2.01. The summed E-state index contributed by atoms with van der Waals surface area (Å²) in [7, 11) is 0. The van der Waals surface area contributed by atoms with Gasteiger partial charge in [0.1, 0.15) is 11.6 Å². The van der Waals surface area contributed by atoms with Crippen LogP contribution in [0.2, 0.25) is 0 Å². The molecule has 2 heterocycles. The first-order valence-corrected chi connectivity index (χ1v) is 13.3. The lowest BCUT2D eigenvalue weighted by molar-refractivity contribution is -0.133. The summed E-state index contributed by atoms with van der Waals surface area (Å²) in [5.41, 5.74) is -0.624. The predicted molar refractivity (Wildman–Crippen MR) is 133 cm³/mol. The lowest BCUT2D eigenvalue weighted by atomic mass is 9.97. The van der Waals surface area contributed by atoms with Gasteiger partial charge in [-0.2, -0.15) is 0 Å². The van der Waals surface area contributed by atoms with Crippen molar-refractivity contribution in [1.29, 1.82) is 0 Å². The molecule has 10 nitrogen and oxygen atoms in total. The van der Waals surface area contributed by atoms with Crippen LogP contribution in [0.5, 0.6) is 0 Å². The first-order chi connectivity index (χ1) is 16.3. The normalized spacial score (nSPS) is 21.9. The average Bonchev–Trinajstić information content (AvgIpc) is 3.39. The van der Waals surface area contributed by atoms with Crippen LogP contribution in [0.4, 0.5) is 4.79 Å². The van der Waals surface area contributed by atoms with E-state index in [1.165, 1.54) is 4.90 Å². The number of hydrogen-bond acceptors (Lipinski definition) is 7. The number of thioether (sulfide) groups is 1. The lowest BCUT2D eigenvalue weighted by Gasteiger charge is -2.27. The van der Waals surface area contributed by atoms with E-state index in [1.54, 1.807) is 20.8 Å². The minimum atomic E-state index is -0.850. The van der Waals surface area contributed by atoms with Crippen LogP contribution in [0, 0.1) is 17.8 Å². The van der Waals surface area contributed by atoms with E-state index in [9.17, 15) is 24.0 Å². The van der Waals surface area contributed by atoms with Gasteiger partial charge in [0.25, 0.3) is 0 Å². The summed E-state index contributed by atoms with van der Waals surface area (Å²) in [5.74, 6) is -1.33. The minimum Gasteiger partial charge on any atom is -0.444 e. The molecule has 2 saturated heterocycles. The van der Waals surface area contributed by atoms with Crippen molar-refractivity contribution in [3.63, 3.8) is 0 Å². The second kappa shape index (κ2) is 12.6. The summed E-state index contributed by atoms with van der Waals surface area (Å²) in [4.78, 5) is 64.7. The molecule has 0 aliphatic carbocycles. The Kier molecular flexibility index (Phi) is 10.4. The third-order valence-electron chi connectivity index (χ3n) is 6.03. The second-order valence-corrected chi connectivity index (χ2v) is 11.7. The SMILES string of the molecule is CCSC(=O)[C@H](C[C@@H]1CCNC1=O)NC(=O)[C@@H](NC(=O)C1CCN(C(=O)OC(C)(C)C)C1)C(C)C. The fourth-order valence-electron chi connectivity index (χ4n) is 4.15. The Morgan fingerprint density at radius 2 is 1.86 bits per heavy atom. The van der Waals surface area contributed by atoms with Crippen LogP contribution in [0.25, 0.3) is 0 Å². The molecule has 0 saturated carbocycles. The zero-order valence-corrected chi connectivity index (χ0v) is 22.5. The van der Waals surface area contributed by atoms with Crippen molar-refractivity contribution in [3.05, 3.63) is 0 Å². The highest BCUT2D eigenvalue weighted by atomic mass is 32.2. The van der Waals surface area contributed by atoms with Crippen LogP contribution >= 0.6 is 11.8 Å². The Bertz CT molecular complexity index is 812. The number of nitrogens with zero attached hydrogens (tertiary/aromatic N) is 1. The molecule has 2 aliphatic heterocycles. The minimum absolute atomic E-state index is 0.108. The van der Waals surface area contributed by atoms with E-state index in [4.69, 9.17) is 4.74 Å². The third-order valence-corrected chi connectivity index (χ3v) is 6.89. The number of amides is 4. The molecular weight excluding hydrogens is 472 g/mol. The molecule has 2 fully saturated rings. The van der Waals surface area contributed by atoms with Gasteiger partial charge in [-0.15, -0.1) is 0 Å². The van der Waals surface area contributed by atoms with Crippen LogP contribution in [-0.4, -0.2) is 76.9 Å². The number of nitrogens with one attached hydrogen (secondary N) is 3. The molecule has 0 aromatic rings. The standard InChI is InChI=1S/C24H40N4O6S/c1-7-35-22(32)17(12-15-8-10-25-19(15)29)26-21(31)18(14(2)3)27-20(30)16-9-11-28(13-16)23(33)34-24(4,5)6/h14-18H,7-13H2,1-6H3,(H,25,29)(H,26,31)(H,27,30)/t15-,16?,17-,18-/m0/s1. The number of carbonyl (C=O) groups is 5. The lowest BCUT2D eigenvalue weighted by Crippen LogP contribution is -2.55. The van der Waals surface area contributed by atoms with Crippen molar-refractivity contribution < 1.29 is 28.7 Å². The zero-order valence-electron chi connectivity index (χ0n) is 21.6. The molecule has 2 aliphatic rings.